The molecule has 5 nitrogen and oxygen atoms in total. The average molecular weight is 289 g/mol. The van der Waals surface area contributed by atoms with Crippen molar-refractivity contribution in [1.82, 2.24) is 5.32 Å². The Balaban J connectivity index is 1.67. The summed E-state index contributed by atoms with van der Waals surface area (Å²) in [6.07, 6.45) is 1.44. The van der Waals surface area contributed by atoms with E-state index in [0.29, 0.717) is 0 Å². The van der Waals surface area contributed by atoms with Gasteiger partial charge in [0.15, 0.2) is 0 Å². The first-order valence-electron chi connectivity index (χ1n) is 7.19. The van der Waals surface area contributed by atoms with Gasteiger partial charge in [-0.3, -0.25) is 9.59 Å². The number of aliphatic carboxylic acids is 1. The smallest absolute Gasteiger partial charge is 0.313 e. The predicted molar refractivity (Wildman–Crippen MR) is 75.8 cm³/mol. The molecule has 1 aromatic rings. The quantitative estimate of drug-likeness (QED) is 0.870. The number of carboxylic acid groups (broad SMARTS) is 1. The summed E-state index contributed by atoms with van der Waals surface area (Å²) >= 11 is 0. The van der Waals surface area contributed by atoms with E-state index < -0.39 is 17.4 Å². The maximum Gasteiger partial charge on any atom is 0.313 e. The molecule has 1 amide bonds. The molecule has 1 aliphatic heterocycles. The van der Waals surface area contributed by atoms with Crippen LogP contribution in [0.3, 0.4) is 0 Å². The number of hydrogen-bond acceptors (Lipinski definition) is 3. The minimum Gasteiger partial charge on any atom is -0.481 e. The first kappa shape index (κ1) is 14.1. The second kappa shape index (κ2) is 5.15. The Hall–Kier alpha value is -1.88. The molecular weight excluding hydrogens is 270 g/mol. The minimum absolute atomic E-state index is 0.0748. The lowest BCUT2D eigenvalue weighted by Crippen LogP contribution is -2.51. The fourth-order valence-corrected chi connectivity index (χ4v) is 3.12. The van der Waals surface area contributed by atoms with E-state index in [4.69, 9.17) is 4.74 Å². The maximum atomic E-state index is 12.4. The van der Waals surface area contributed by atoms with Gasteiger partial charge in [0, 0.05) is 5.92 Å². The number of carbonyl (C=O) groups excluding carboxylic acids is 1. The lowest BCUT2D eigenvalue weighted by atomic mass is 9.85. The Morgan fingerprint density at radius 1 is 1.29 bits per heavy atom. The van der Waals surface area contributed by atoms with Crippen LogP contribution >= 0.6 is 0 Å². The summed E-state index contributed by atoms with van der Waals surface area (Å²) in [6.45, 7) is 2.02. The number of benzene rings is 1. The fourth-order valence-electron chi connectivity index (χ4n) is 3.12. The van der Waals surface area contributed by atoms with Crippen LogP contribution in [-0.4, -0.2) is 36.2 Å². The standard InChI is InChI=1S/C16H19NO4/c1-16(15(19)20)9-21-8-13(16)17-14(18)12-6-10-4-2-3-5-11(10)7-12/h2-5,12-13H,6-9H2,1H3,(H,17,18)(H,19,20). The molecule has 5 heteroatoms. The van der Waals surface area contributed by atoms with Crippen LogP contribution in [0.5, 0.6) is 0 Å². The van der Waals surface area contributed by atoms with E-state index >= 15 is 0 Å². The summed E-state index contributed by atoms with van der Waals surface area (Å²) in [5.74, 6) is -1.12. The summed E-state index contributed by atoms with van der Waals surface area (Å²) in [4.78, 5) is 23.8. The zero-order valence-corrected chi connectivity index (χ0v) is 12.0. The Kier molecular flexibility index (Phi) is 3.45. The molecule has 2 unspecified atom stereocenters. The third-order valence-corrected chi connectivity index (χ3v) is 4.68. The Bertz CT molecular complexity index is 560. The van der Waals surface area contributed by atoms with Gasteiger partial charge in [0.25, 0.3) is 0 Å². The molecule has 0 bridgehead atoms. The SMILES string of the molecule is CC1(C(=O)O)COCC1NC(=O)C1Cc2ccccc2C1. The Labute approximate surface area is 123 Å². The van der Waals surface area contributed by atoms with Crippen LogP contribution in [0, 0.1) is 11.3 Å². The van der Waals surface area contributed by atoms with Crippen LogP contribution in [0.2, 0.25) is 0 Å². The molecule has 1 heterocycles. The van der Waals surface area contributed by atoms with Crippen LogP contribution in [0.25, 0.3) is 0 Å². The molecule has 1 saturated heterocycles. The van der Waals surface area contributed by atoms with Crippen LogP contribution in [0.4, 0.5) is 0 Å². The van der Waals surface area contributed by atoms with Gasteiger partial charge in [-0.1, -0.05) is 24.3 Å². The van der Waals surface area contributed by atoms with Crippen molar-refractivity contribution >= 4 is 11.9 Å². The number of fused-ring (bicyclic) bond motifs is 1. The molecule has 3 rings (SSSR count). The normalized spacial score (nSPS) is 28.3. The maximum absolute atomic E-state index is 12.4. The van der Waals surface area contributed by atoms with E-state index in [1.165, 1.54) is 11.1 Å². The van der Waals surface area contributed by atoms with Gasteiger partial charge in [-0.05, 0) is 30.9 Å². The molecule has 2 atom stereocenters. The number of hydrogen-bond donors (Lipinski definition) is 2. The number of carbonyl (C=O) groups is 2. The monoisotopic (exact) mass is 289 g/mol. The molecular formula is C16H19NO4. The van der Waals surface area contributed by atoms with E-state index in [2.05, 4.69) is 5.32 Å². The van der Waals surface area contributed by atoms with Crippen LogP contribution < -0.4 is 5.32 Å². The zero-order chi connectivity index (χ0) is 15.0. The molecule has 2 N–H and O–H groups in total. The molecule has 0 spiro atoms. The first-order chi connectivity index (χ1) is 10.0. The van der Waals surface area contributed by atoms with Gasteiger partial charge in [0.1, 0.15) is 5.41 Å². The fraction of sp³-hybridized carbons (Fsp3) is 0.500. The molecule has 1 aliphatic carbocycles. The second-order valence-electron chi connectivity index (χ2n) is 6.17. The third kappa shape index (κ3) is 2.42. The Morgan fingerprint density at radius 2 is 1.90 bits per heavy atom. The third-order valence-electron chi connectivity index (χ3n) is 4.68. The summed E-state index contributed by atoms with van der Waals surface area (Å²) in [5, 5.41) is 12.2. The van der Waals surface area contributed by atoms with Crippen molar-refractivity contribution in [2.24, 2.45) is 11.3 Å². The van der Waals surface area contributed by atoms with Crippen LogP contribution in [0.1, 0.15) is 18.1 Å². The highest BCUT2D eigenvalue weighted by atomic mass is 16.5. The predicted octanol–water partition coefficient (Wildman–Crippen LogP) is 1.01. The number of amides is 1. The van der Waals surface area contributed by atoms with Crippen molar-refractivity contribution in [3.8, 4) is 0 Å². The van der Waals surface area contributed by atoms with Crippen LogP contribution in [-0.2, 0) is 27.2 Å². The minimum atomic E-state index is -1.04. The van der Waals surface area contributed by atoms with Gasteiger partial charge >= 0.3 is 5.97 Å². The molecule has 112 valence electrons. The topological polar surface area (TPSA) is 75.6 Å². The van der Waals surface area contributed by atoms with Crippen molar-refractivity contribution in [2.45, 2.75) is 25.8 Å². The van der Waals surface area contributed by atoms with Gasteiger partial charge in [-0.25, -0.2) is 0 Å². The number of ether oxygens (including phenoxy) is 1. The molecule has 1 fully saturated rings. The van der Waals surface area contributed by atoms with E-state index in [0.717, 1.165) is 12.8 Å². The van der Waals surface area contributed by atoms with Gasteiger partial charge in [-0.2, -0.15) is 0 Å². The highest BCUT2D eigenvalue weighted by molar-refractivity contribution is 5.83. The highest BCUT2D eigenvalue weighted by Gasteiger charge is 2.47. The molecule has 2 aliphatic rings. The number of rotatable bonds is 3. The zero-order valence-electron chi connectivity index (χ0n) is 12.0. The average Bonchev–Trinajstić information content (AvgIpc) is 3.04. The van der Waals surface area contributed by atoms with Crippen LogP contribution in [0.15, 0.2) is 24.3 Å². The Morgan fingerprint density at radius 3 is 2.48 bits per heavy atom. The van der Waals surface area contributed by atoms with Crippen molar-refractivity contribution in [2.75, 3.05) is 13.2 Å². The summed E-state index contributed by atoms with van der Waals surface area (Å²) < 4.78 is 5.26. The lowest BCUT2D eigenvalue weighted by molar-refractivity contribution is -0.149. The van der Waals surface area contributed by atoms with Crippen molar-refractivity contribution in [3.63, 3.8) is 0 Å². The first-order valence-corrected chi connectivity index (χ1v) is 7.19. The summed E-state index contributed by atoms with van der Waals surface area (Å²) in [7, 11) is 0. The molecule has 0 aromatic heterocycles. The lowest BCUT2D eigenvalue weighted by Gasteiger charge is -2.26. The van der Waals surface area contributed by atoms with E-state index in [1.54, 1.807) is 6.92 Å². The molecule has 1 aromatic carbocycles. The van der Waals surface area contributed by atoms with Gasteiger partial charge < -0.3 is 15.2 Å². The van der Waals surface area contributed by atoms with Gasteiger partial charge in [0.05, 0.1) is 19.3 Å². The molecule has 21 heavy (non-hydrogen) atoms. The van der Waals surface area contributed by atoms with Crippen molar-refractivity contribution in [1.29, 1.82) is 0 Å². The molecule has 0 radical (unpaired) electrons. The van der Waals surface area contributed by atoms with Gasteiger partial charge in [-0.15, -0.1) is 0 Å². The molecule has 0 saturated carbocycles. The van der Waals surface area contributed by atoms with Gasteiger partial charge in [0.2, 0.25) is 5.91 Å². The van der Waals surface area contributed by atoms with Crippen molar-refractivity contribution in [3.05, 3.63) is 35.4 Å². The number of nitrogens with one attached hydrogen (secondary N) is 1. The largest absolute Gasteiger partial charge is 0.481 e. The summed E-state index contributed by atoms with van der Waals surface area (Å²) in [6, 6.07) is 7.58. The summed E-state index contributed by atoms with van der Waals surface area (Å²) in [5.41, 5.74) is 1.38. The highest BCUT2D eigenvalue weighted by Crippen LogP contribution is 2.31. The van der Waals surface area contributed by atoms with E-state index in [-0.39, 0.29) is 25.0 Å². The van der Waals surface area contributed by atoms with E-state index in [9.17, 15) is 14.7 Å². The van der Waals surface area contributed by atoms with Crippen molar-refractivity contribution < 1.29 is 19.4 Å². The van der Waals surface area contributed by atoms with E-state index in [1.807, 2.05) is 24.3 Å². The second-order valence-corrected chi connectivity index (χ2v) is 6.17. The number of carboxylic acids is 1.